The number of hydrogen-bond acceptors (Lipinski definition) is 3. The Hall–Kier alpha value is -1.10. The van der Waals surface area contributed by atoms with Gasteiger partial charge in [0.05, 0.1) is 0 Å². The Morgan fingerprint density at radius 2 is 1.89 bits per heavy atom. The molecule has 1 aromatic carbocycles. The molecule has 1 amide bonds. The van der Waals surface area contributed by atoms with Gasteiger partial charge >= 0.3 is 0 Å². The smallest absolute Gasteiger partial charge is 0.221 e. The first-order chi connectivity index (χ1) is 8.13. The van der Waals surface area contributed by atoms with Crippen molar-refractivity contribution in [3.05, 3.63) is 29.8 Å². The number of anilines is 1. The molecule has 1 rings (SSSR count). The van der Waals surface area contributed by atoms with Crippen molar-refractivity contribution in [2.75, 3.05) is 11.9 Å². The minimum absolute atomic E-state index is 0. The summed E-state index contributed by atoms with van der Waals surface area (Å²) in [5.41, 5.74) is 13.4. The number of rotatable bonds is 6. The SMILES string of the molecule is CC(=O)Nc1ccc([C@H](N)CCCCN)cc1.Cl. The highest BCUT2D eigenvalue weighted by Crippen LogP contribution is 2.18. The molecule has 18 heavy (non-hydrogen) atoms. The maximum absolute atomic E-state index is 10.9. The monoisotopic (exact) mass is 271 g/mol. The highest BCUT2D eigenvalue weighted by Gasteiger charge is 2.05. The van der Waals surface area contributed by atoms with E-state index >= 15 is 0 Å². The summed E-state index contributed by atoms with van der Waals surface area (Å²) in [6.45, 7) is 2.21. The summed E-state index contributed by atoms with van der Waals surface area (Å²) in [6, 6.07) is 7.71. The molecule has 4 nitrogen and oxygen atoms in total. The number of unbranched alkanes of at least 4 members (excludes halogenated alkanes) is 1. The predicted octanol–water partition coefficient (Wildman–Crippen LogP) is 2.20. The van der Waals surface area contributed by atoms with E-state index in [0.29, 0.717) is 6.54 Å². The van der Waals surface area contributed by atoms with Gasteiger partial charge in [0, 0.05) is 18.7 Å². The van der Waals surface area contributed by atoms with Crippen LogP contribution >= 0.6 is 12.4 Å². The molecule has 0 aliphatic carbocycles. The molecule has 102 valence electrons. The molecule has 0 saturated carbocycles. The van der Waals surface area contributed by atoms with E-state index in [-0.39, 0.29) is 24.4 Å². The van der Waals surface area contributed by atoms with Crippen LogP contribution in [0.4, 0.5) is 5.69 Å². The molecule has 0 aliphatic rings. The minimum atomic E-state index is -0.0648. The molecule has 1 atom stereocenters. The van der Waals surface area contributed by atoms with E-state index in [1.807, 2.05) is 24.3 Å². The number of carbonyl (C=O) groups is 1. The second-order valence-electron chi connectivity index (χ2n) is 4.19. The van der Waals surface area contributed by atoms with Crippen molar-refractivity contribution in [3.63, 3.8) is 0 Å². The van der Waals surface area contributed by atoms with Crippen LogP contribution in [0.5, 0.6) is 0 Å². The Labute approximate surface area is 115 Å². The Morgan fingerprint density at radius 1 is 1.28 bits per heavy atom. The van der Waals surface area contributed by atoms with Gasteiger partial charge in [0.25, 0.3) is 0 Å². The Balaban J connectivity index is 0.00000289. The average Bonchev–Trinajstić information content (AvgIpc) is 2.29. The van der Waals surface area contributed by atoms with Crippen LogP contribution in [0.2, 0.25) is 0 Å². The topological polar surface area (TPSA) is 81.1 Å². The van der Waals surface area contributed by atoms with Crippen molar-refractivity contribution in [3.8, 4) is 0 Å². The predicted molar refractivity (Wildman–Crippen MR) is 77.8 cm³/mol. The summed E-state index contributed by atoms with van der Waals surface area (Å²) >= 11 is 0. The lowest BCUT2D eigenvalue weighted by molar-refractivity contribution is -0.114. The second kappa shape index (κ2) is 8.91. The first kappa shape index (κ1) is 16.9. The van der Waals surface area contributed by atoms with Gasteiger partial charge in [-0.05, 0) is 37.1 Å². The molecular weight excluding hydrogens is 250 g/mol. The number of nitrogens with one attached hydrogen (secondary N) is 1. The van der Waals surface area contributed by atoms with E-state index in [9.17, 15) is 4.79 Å². The Kier molecular flexibility index (Phi) is 8.37. The third kappa shape index (κ3) is 6.00. The van der Waals surface area contributed by atoms with Crippen LogP contribution in [0.25, 0.3) is 0 Å². The van der Waals surface area contributed by atoms with Gasteiger partial charge in [-0.1, -0.05) is 18.6 Å². The van der Waals surface area contributed by atoms with Gasteiger partial charge in [-0.3, -0.25) is 4.79 Å². The second-order valence-corrected chi connectivity index (χ2v) is 4.19. The molecule has 0 radical (unpaired) electrons. The van der Waals surface area contributed by atoms with Gasteiger partial charge in [-0.2, -0.15) is 0 Å². The van der Waals surface area contributed by atoms with E-state index in [2.05, 4.69) is 5.32 Å². The van der Waals surface area contributed by atoms with Gasteiger partial charge in [0.15, 0.2) is 0 Å². The van der Waals surface area contributed by atoms with Gasteiger partial charge in [-0.15, -0.1) is 12.4 Å². The van der Waals surface area contributed by atoms with Gasteiger partial charge in [0.2, 0.25) is 5.91 Å². The number of halogens is 1. The first-order valence-electron chi connectivity index (χ1n) is 5.96. The normalized spacial score (nSPS) is 11.5. The van der Waals surface area contributed by atoms with Crippen LogP contribution in [0.15, 0.2) is 24.3 Å². The van der Waals surface area contributed by atoms with E-state index in [4.69, 9.17) is 11.5 Å². The number of carbonyl (C=O) groups excluding carboxylic acids is 1. The summed E-state index contributed by atoms with van der Waals surface area (Å²) < 4.78 is 0. The van der Waals surface area contributed by atoms with Crippen molar-refractivity contribution in [1.29, 1.82) is 0 Å². The molecule has 5 N–H and O–H groups in total. The standard InChI is InChI=1S/C13H21N3O.ClH/c1-10(17)16-12-7-5-11(6-8-12)13(15)4-2-3-9-14;/h5-8,13H,2-4,9,14-15H2,1H3,(H,16,17);1H/t13-;/m1./s1. The highest BCUT2D eigenvalue weighted by atomic mass is 35.5. The van der Waals surface area contributed by atoms with Gasteiger partial charge < -0.3 is 16.8 Å². The van der Waals surface area contributed by atoms with E-state index in [0.717, 1.165) is 30.5 Å². The molecule has 0 unspecified atom stereocenters. The molecule has 5 heteroatoms. The fourth-order valence-corrected chi connectivity index (χ4v) is 1.69. The van der Waals surface area contributed by atoms with Crippen LogP contribution in [0.3, 0.4) is 0 Å². The molecule has 0 heterocycles. The van der Waals surface area contributed by atoms with Gasteiger partial charge in [0.1, 0.15) is 0 Å². The Bertz CT molecular complexity index is 354. The fourth-order valence-electron chi connectivity index (χ4n) is 1.69. The fraction of sp³-hybridized carbons (Fsp3) is 0.462. The Morgan fingerprint density at radius 3 is 2.39 bits per heavy atom. The molecule has 0 fully saturated rings. The molecule has 0 saturated heterocycles. The van der Waals surface area contributed by atoms with Crippen molar-refractivity contribution in [1.82, 2.24) is 0 Å². The van der Waals surface area contributed by atoms with Crippen molar-refractivity contribution in [2.24, 2.45) is 11.5 Å². The van der Waals surface area contributed by atoms with E-state index < -0.39 is 0 Å². The molecule has 0 aliphatic heterocycles. The lowest BCUT2D eigenvalue weighted by Gasteiger charge is -2.12. The van der Waals surface area contributed by atoms with Gasteiger partial charge in [-0.25, -0.2) is 0 Å². The van der Waals surface area contributed by atoms with Crippen molar-refractivity contribution in [2.45, 2.75) is 32.2 Å². The maximum Gasteiger partial charge on any atom is 0.221 e. The van der Waals surface area contributed by atoms with E-state index in [1.165, 1.54) is 6.92 Å². The van der Waals surface area contributed by atoms with E-state index in [1.54, 1.807) is 0 Å². The number of nitrogens with two attached hydrogens (primary N) is 2. The molecule has 0 bridgehead atoms. The zero-order valence-electron chi connectivity index (χ0n) is 10.7. The number of hydrogen-bond donors (Lipinski definition) is 3. The highest BCUT2D eigenvalue weighted by molar-refractivity contribution is 5.88. The average molecular weight is 272 g/mol. The summed E-state index contributed by atoms with van der Waals surface area (Å²) in [5.74, 6) is -0.0648. The summed E-state index contributed by atoms with van der Waals surface area (Å²) in [4.78, 5) is 10.9. The molecular formula is C13H22ClN3O. The van der Waals surface area contributed by atoms with Crippen LogP contribution in [0.1, 0.15) is 37.8 Å². The lowest BCUT2D eigenvalue weighted by atomic mass is 10.0. The number of benzene rings is 1. The van der Waals surface area contributed by atoms with Crippen LogP contribution < -0.4 is 16.8 Å². The van der Waals surface area contributed by atoms with Crippen LogP contribution in [0, 0.1) is 0 Å². The summed E-state index contributed by atoms with van der Waals surface area (Å²) in [6.07, 6.45) is 3.00. The van der Waals surface area contributed by atoms with Crippen LogP contribution in [-0.2, 0) is 4.79 Å². The summed E-state index contributed by atoms with van der Waals surface area (Å²) in [5, 5.41) is 2.73. The molecule has 0 aromatic heterocycles. The third-order valence-electron chi connectivity index (χ3n) is 2.63. The number of amides is 1. The largest absolute Gasteiger partial charge is 0.330 e. The molecule has 1 aromatic rings. The summed E-state index contributed by atoms with van der Waals surface area (Å²) in [7, 11) is 0. The zero-order valence-corrected chi connectivity index (χ0v) is 11.5. The molecule has 0 spiro atoms. The zero-order chi connectivity index (χ0) is 12.7. The van der Waals surface area contributed by atoms with Crippen LogP contribution in [-0.4, -0.2) is 12.5 Å². The van der Waals surface area contributed by atoms with Crippen molar-refractivity contribution >= 4 is 24.0 Å². The quantitative estimate of drug-likeness (QED) is 0.694. The van der Waals surface area contributed by atoms with Crippen molar-refractivity contribution < 1.29 is 4.79 Å². The third-order valence-corrected chi connectivity index (χ3v) is 2.63. The first-order valence-corrected chi connectivity index (χ1v) is 5.96. The maximum atomic E-state index is 10.9. The minimum Gasteiger partial charge on any atom is -0.330 e. The lowest BCUT2D eigenvalue weighted by Crippen LogP contribution is -2.11.